The van der Waals surface area contributed by atoms with Crippen molar-refractivity contribution in [2.45, 2.75) is 65.1 Å². The van der Waals surface area contributed by atoms with Crippen molar-refractivity contribution in [3.05, 3.63) is 59.4 Å². The fraction of sp³-hybridized carbons (Fsp3) is 0.462. The molecule has 32 heavy (non-hydrogen) atoms. The summed E-state index contributed by atoms with van der Waals surface area (Å²) in [7, 11) is 0. The van der Waals surface area contributed by atoms with Crippen molar-refractivity contribution < 1.29 is 14.6 Å². The minimum absolute atomic E-state index is 0.00117. The number of hydrogen-bond acceptors (Lipinski definition) is 4. The van der Waals surface area contributed by atoms with Crippen molar-refractivity contribution in [2.24, 2.45) is 0 Å². The van der Waals surface area contributed by atoms with E-state index in [1.54, 1.807) is 0 Å². The van der Waals surface area contributed by atoms with E-state index < -0.39 is 6.10 Å². The molecule has 0 aliphatic carbocycles. The Bertz CT molecular complexity index is 1130. The number of benzene rings is 2. The maximum atomic E-state index is 12.7. The second kappa shape index (κ2) is 8.58. The van der Waals surface area contributed by atoms with Crippen molar-refractivity contribution in [1.82, 2.24) is 14.5 Å². The lowest BCUT2D eigenvalue weighted by Crippen LogP contribution is -2.42. The fourth-order valence-electron chi connectivity index (χ4n) is 4.44. The number of para-hydroxylation sites is 2. The summed E-state index contributed by atoms with van der Waals surface area (Å²) in [5.74, 6) is 1.81. The number of amides is 1. The fourth-order valence-corrected chi connectivity index (χ4v) is 4.44. The SMILES string of the molecule is Cc1ccc(C)c(OC[C@@H](O)Cn2c([C@H]3CC(=O)N(C(C)(C)C)C3)nc3ccccc32)c1. The van der Waals surface area contributed by atoms with Gasteiger partial charge in [0.15, 0.2) is 0 Å². The van der Waals surface area contributed by atoms with E-state index in [4.69, 9.17) is 9.72 Å². The molecular formula is C26H33N3O3. The second-order valence-corrected chi connectivity index (χ2v) is 9.88. The Morgan fingerprint density at radius 3 is 2.66 bits per heavy atom. The summed E-state index contributed by atoms with van der Waals surface area (Å²) in [5, 5.41) is 10.9. The minimum atomic E-state index is -0.706. The Hall–Kier alpha value is -2.86. The van der Waals surface area contributed by atoms with Gasteiger partial charge in [0.05, 0.1) is 17.6 Å². The first-order valence-corrected chi connectivity index (χ1v) is 11.3. The molecule has 1 aliphatic heterocycles. The summed E-state index contributed by atoms with van der Waals surface area (Å²) in [6.07, 6.45) is -0.266. The molecule has 6 nitrogen and oxygen atoms in total. The van der Waals surface area contributed by atoms with Crippen LogP contribution in [0.25, 0.3) is 11.0 Å². The van der Waals surface area contributed by atoms with Gasteiger partial charge in [-0.05, 0) is 63.9 Å². The molecule has 2 atom stereocenters. The quantitative estimate of drug-likeness (QED) is 0.630. The molecule has 1 N–H and O–H groups in total. The molecular weight excluding hydrogens is 402 g/mol. The number of carbonyl (C=O) groups is 1. The van der Waals surface area contributed by atoms with Crippen LogP contribution >= 0.6 is 0 Å². The third kappa shape index (κ3) is 4.51. The van der Waals surface area contributed by atoms with Gasteiger partial charge in [0.25, 0.3) is 0 Å². The lowest BCUT2D eigenvalue weighted by Gasteiger charge is -2.32. The smallest absolute Gasteiger partial charge is 0.223 e. The number of aliphatic hydroxyl groups is 1. The topological polar surface area (TPSA) is 67.6 Å². The van der Waals surface area contributed by atoms with E-state index >= 15 is 0 Å². The van der Waals surface area contributed by atoms with Crippen molar-refractivity contribution in [3.8, 4) is 5.75 Å². The van der Waals surface area contributed by atoms with Gasteiger partial charge in [-0.2, -0.15) is 0 Å². The normalized spacial score (nSPS) is 17.9. The van der Waals surface area contributed by atoms with Crippen LogP contribution in [0, 0.1) is 13.8 Å². The molecule has 3 aromatic rings. The average molecular weight is 436 g/mol. The number of hydrogen-bond donors (Lipinski definition) is 1. The Morgan fingerprint density at radius 1 is 1.19 bits per heavy atom. The average Bonchev–Trinajstić information content (AvgIpc) is 3.29. The molecule has 0 bridgehead atoms. The van der Waals surface area contributed by atoms with E-state index in [0.717, 1.165) is 33.7 Å². The Labute approximate surface area is 189 Å². The molecule has 1 aliphatic rings. The monoisotopic (exact) mass is 435 g/mol. The predicted octanol–water partition coefficient (Wildman–Crippen LogP) is 4.21. The standard InChI is InChI=1S/C26H33N3O3/c1-17-10-11-18(2)23(12-17)32-16-20(30)15-28-22-9-7-6-8-21(22)27-25(28)19-13-24(31)29(14-19)26(3,4)5/h6-12,19-20,30H,13-16H2,1-5H3/t19-,20-/m0/s1. The summed E-state index contributed by atoms with van der Waals surface area (Å²) in [5.41, 5.74) is 3.80. The highest BCUT2D eigenvalue weighted by atomic mass is 16.5. The highest BCUT2D eigenvalue weighted by Gasteiger charge is 2.39. The third-order valence-electron chi connectivity index (χ3n) is 6.15. The second-order valence-electron chi connectivity index (χ2n) is 9.88. The number of imidazole rings is 1. The van der Waals surface area contributed by atoms with E-state index in [0.29, 0.717) is 19.5 Å². The number of aliphatic hydroxyl groups excluding tert-OH is 1. The maximum absolute atomic E-state index is 12.7. The summed E-state index contributed by atoms with van der Waals surface area (Å²) >= 11 is 0. The number of aromatic nitrogens is 2. The number of rotatable bonds is 6. The Balaban J connectivity index is 1.57. The zero-order valence-corrected chi connectivity index (χ0v) is 19.6. The van der Waals surface area contributed by atoms with Gasteiger partial charge in [0.2, 0.25) is 5.91 Å². The van der Waals surface area contributed by atoms with Gasteiger partial charge in [0.1, 0.15) is 24.3 Å². The number of fused-ring (bicyclic) bond motifs is 1. The zero-order valence-electron chi connectivity index (χ0n) is 19.6. The van der Waals surface area contributed by atoms with Gasteiger partial charge in [-0.15, -0.1) is 0 Å². The lowest BCUT2D eigenvalue weighted by atomic mass is 10.1. The maximum Gasteiger partial charge on any atom is 0.223 e. The van der Waals surface area contributed by atoms with Gasteiger partial charge in [0, 0.05) is 24.4 Å². The first-order valence-electron chi connectivity index (χ1n) is 11.3. The van der Waals surface area contributed by atoms with Crippen molar-refractivity contribution in [2.75, 3.05) is 13.2 Å². The van der Waals surface area contributed by atoms with E-state index in [1.807, 2.05) is 61.2 Å². The van der Waals surface area contributed by atoms with Crippen LogP contribution in [-0.4, -0.2) is 50.3 Å². The first-order chi connectivity index (χ1) is 15.1. The Kier molecular flexibility index (Phi) is 5.99. The molecule has 0 spiro atoms. The van der Waals surface area contributed by atoms with Crippen LogP contribution in [0.4, 0.5) is 0 Å². The molecule has 2 aromatic carbocycles. The van der Waals surface area contributed by atoms with Gasteiger partial charge < -0.3 is 19.3 Å². The molecule has 1 fully saturated rings. The number of likely N-dealkylation sites (tertiary alicyclic amines) is 1. The molecule has 1 aromatic heterocycles. The van der Waals surface area contributed by atoms with Gasteiger partial charge in [-0.1, -0.05) is 24.3 Å². The molecule has 1 saturated heterocycles. The van der Waals surface area contributed by atoms with E-state index in [1.165, 1.54) is 0 Å². The van der Waals surface area contributed by atoms with E-state index in [9.17, 15) is 9.90 Å². The van der Waals surface area contributed by atoms with Crippen molar-refractivity contribution in [1.29, 1.82) is 0 Å². The summed E-state index contributed by atoms with van der Waals surface area (Å²) < 4.78 is 8.00. The highest BCUT2D eigenvalue weighted by Crippen LogP contribution is 2.34. The van der Waals surface area contributed by atoms with Crippen LogP contribution in [0.15, 0.2) is 42.5 Å². The summed E-state index contributed by atoms with van der Waals surface area (Å²) in [4.78, 5) is 19.5. The van der Waals surface area contributed by atoms with Crippen LogP contribution in [0.1, 0.15) is 50.1 Å². The zero-order chi connectivity index (χ0) is 23.0. The van der Waals surface area contributed by atoms with E-state index in [2.05, 4.69) is 25.3 Å². The van der Waals surface area contributed by atoms with Crippen molar-refractivity contribution >= 4 is 16.9 Å². The molecule has 1 amide bonds. The van der Waals surface area contributed by atoms with Gasteiger partial charge in [-0.25, -0.2) is 4.98 Å². The van der Waals surface area contributed by atoms with Crippen LogP contribution in [0.2, 0.25) is 0 Å². The van der Waals surface area contributed by atoms with Crippen LogP contribution in [0.5, 0.6) is 5.75 Å². The number of aryl methyl sites for hydroxylation is 2. The number of ether oxygens (including phenoxy) is 1. The molecule has 0 unspecified atom stereocenters. The highest BCUT2D eigenvalue weighted by molar-refractivity contribution is 5.81. The third-order valence-corrected chi connectivity index (χ3v) is 6.15. The molecule has 0 radical (unpaired) electrons. The summed E-state index contributed by atoms with van der Waals surface area (Å²) in [6, 6.07) is 14.0. The van der Waals surface area contributed by atoms with Crippen LogP contribution in [-0.2, 0) is 11.3 Å². The van der Waals surface area contributed by atoms with Gasteiger partial charge in [-0.3, -0.25) is 4.79 Å². The van der Waals surface area contributed by atoms with Gasteiger partial charge >= 0.3 is 0 Å². The lowest BCUT2D eigenvalue weighted by molar-refractivity contribution is -0.131. The Morgan fingerprint density at radius 2 is 1.94 bits per heavy atom. The molecule has 2 heterocycles. The largest absolute Gasteiger partial charge is 0.491 e. The number of nitrogens with zero attached hydrogens (tertiary/aromatic N) is 3. The van der Waals surface area contributed by atoms with Crippen LogP contribution < -0.4 is 4.74 Å². The first kappa shape index (κ1) is 22.3. The minimum Gasteiger partial charge on any atom is -0.491 e. The molecule has 0 saturated carbocycles. The van der Waals surface area contributed by atoms with Crippen LogP contribution in [0.3, 0.4) is 0 Å². The van der Waals surface area contributed by atoms with Crippen molar-refractivity contribution in [3.63, 3.8) is 0 Å². The van der Waals surface area contributed by atoms with E-state index in [-0.39, 0.29) is 24.0 Å². The summed E-state index contributed by atoms with van der Waals surface area (Å²) in [6.45, 7) is 11.4. The molecule has 6 heteroatoms. The number of carbonyl (C=O) groups excluding carboxylic acids is 1. The molecule has 170 valence electrons. The molecule has 4 rings (SSSR count). The predicted molar refractivity (Wildman–Crippen MR) is 126 cm³/mol.